The maximum Gasteiger partial charge on any atom is 0.335 e. The molecule has 0 saturated heterocycles. The third-order valence-corrected chi connectivity index (χ3v) is 1.78. The number of hydrogen-bond donors (Lipinski definition) is 0. The molecule has 0 bridgehead atoms. The van der Waals surface area contributed by atoms with E-state index in [9.17, 15) is 9.59 Å². The van der Waals surface area contributed by atoms with Crippen molar-refractivity contribution < 1.29 is 14.3 Å². The van der Waals surface area contributed by atoms with E-state index in [1.165, 1.54) is 6.08 Å². The molecule has 84 valence electrons. The predicted molar refractivity (Wildman–Crippen MR) is 56.9 cm³/mol. The van der Waals surface area contributed by atoms with Crippen LogP contribution in [-0.2, 0) is 14.3 Å². The Bertz CT molecular complexity index is 278. The van der Waals surface area contributed by atoms with Crippen LogP contribution in [0, 0.1) is 5.92 Å². The molecule has 0 heterocycles. The molecule has 0 N–H and O–H groups in total. The Morgan fingerprint density at radius 2 is 2.07 bits per heavy atom. The lowest BCUT2D eigenvalue weighted by molar-refractivity contribution is -0.144. The van der Waals surface area contributed by atoms with Gasteiger partial charge >= 0.3 is 5.97 Å². The number of carbonyl (C=O) groups excluding carboxylic acids is 2. The lowest BCUT2D eigenvalue weighted by Crippen LogP contribution is -2.17. The Hall–Kier alpha value is -1.41. The van der Waals surface area contributed by atoms with E-state index in [4.69, 9.17) is 4.74 Å². The Kier molecular flexibility index (Phi) is 6.30. The summed E-state index contributed by atoms with van der Waals surface area (Å²) in [5.74, 6) is -0.0550. The summed E-state index contributed by atoms with van der Waals surface area (Å²) in [5.41, 5.74) is 0.297. The van der Waals surface area contributed by atoms with E-state index in [0.29, 0.717) is 17.9 Å². The minimum Gasteiger partial charge on any atom is -0.436 e. The first-order chi connectivity index (χ1) is 6.97. The standard InChI is InChI=1S/C11H17NO3/c1-8(2)5-6-10(12-7-13)15-11(14)9(3)4/h8,10H,3,5-6H2,1-2,4H3. The van der Waals surface area contributed by atoms with Crippen molar-refractivity contribution >= 4 is 12.0 Å². The van der Waals surface area contributed by atoms with Crippen molar-refractivity contribution in [3.8, 4) is 0 Å². The summed E-state index contributed by atoms with van der Waals surface area (Å²) in [5, 5.41) is 0. The van der Waals surface area contributed by atoms with Gasteiger partial charge in [-0.2, -0.15) is 4.99 Å². The highest BCUT2D eigenvalue weighted by Gasteiger charge is 2.14. The van der Waals surface area contributed by atoms with Gasteiger partial charge in [0.2, 0.25) is 12.3 Å². The van der Waals surface area contributed by atoms with Crippen molar-refractivity contribution in [1.82, 2.24) is 0 Å². The number of isocyanates is 1. The molecule has 4 heteroatoms. The Labute approximate surface area is 90.0 Å². The zero-order valence-electron chi connectivity index (χ0n) is 9.45. The summed E-state index contributed by atoms with van der Waals surface area (Å²) >= 11 is 0. The smallest absolute Gasteiger partial charge is 0.335 e. The van der Waals surface area contributed by atoms with Crippen LogP contribution in [0.3, 0.4) is 0 Å². The third-order valence-electron chi connectivity index (χ3n) is 1.78. The second-order valence-electron chi connectivity index (χ2n) is 3.83. The number of hydrogen-bond acceptors (Lipinski definition) is 4. The lowest BCUT2D eigenvalue weighted by Gasteiger charge is -2.13. The zero-order chi connectivity index (χ0) is 11.8. The maximum atomic E-state index is 11.2. The van der Waals surface area contributed by atoms with E-state index < -0.39 is 12.2 Å². The van der Waals surface area contributed by atoms with Crippen LogP contribution in [0.1, 0.15) is 33.6 Å². The maximum absolute atomic E-state index is 11.2. The molecule has 0 aromatic carbocycles. The fourth-order valence-electron chi connectivity index (χ4n) is 0.909. The topological polar surface area (TPSA) is 55.7 Å². The molecule has 0 aliphatic carbocycles. The van der Waals surface area contributed by atoms with Crippen LogP contribution >= 0.6 is 0 Å². The van der Waals surface area contributed by atoms with Gasteiger partial charge in [-0.05, 0) is 19.3 Å². The molecule has 0 aliphatic rings. The first kappa shape index (κ1) is 13.6. The minimum absolute atomic E-state index is 0.297. The molecule has 0 rings (SSSR count). The first-order valence-corrected chi connectivity index (χ1v) is 4.90. The average molecular weight is 211 g/mol. The summed E-state index contributed by atoms with van der Waals surface area (Å²) in [4.78, 5) is 24.7. The van der Waals surface area contributed by atoms with E-state index in [2.05, 4.69) is 11.6 Å². The van der Waals surface area contributed by atoms with Gasteiger partial charge < -0.3 is 4.74 Å². The minimum atomic E-state index is -0.728. The largest absolute Gasteiger partial charge is 0.436 e. The van der Waals surface area contributed by atoms with Crippen LogP contribution in [0.5, 0.6) is 0 Å². The van der Waals surface area contributed by atoms with E-state index >= 15 is 0 Å². The van der Waals surface area contributed by atoms with Crippen LogP contribution < -0.4 is 0 Å². The van der Waals surface area contributed by atoms with Crippen LogP contribution in [0.25, 0.3) is 0 Å². The highest BCUT2D eigenvalue weighted by molar-refractivity contribution is 5.87. The average Bonchev–Trinajstić information content (AvgIpc) is 2.14. The highest BCUT2D eigenvalue weighted by atomic mass is 16.6. The van der Waals surface area contributed by atoms with Gasteiger partial charge in [0.15, 0.2) is 0 Å². The Balaban J connectivity index is 4.21. The fraction of sp³-hybridized carbons (Fsp3) is 0.636. The molecule has 0 amide bonds. The number of ether oxygens (including phenoxy) is 1. The number of nitrogens with zero attached hydrogens (tertiary/aromatic N) is 1. The molecule has 0 aromatic rings. The summed E-state index contributed by atoms with van der Waals surface area (Å²) in [6, 6.07) is 0. The molecule has 0 fully saturated rings. The van der Waals surface area contributed by atoms with Gasteiger partial charge in [0.25, 0.3) is 0 Å². The molecule has 4 nitrogen and oxygen atoms in total. The monoisotopic (exact) mass is 211 g/mol. The predicted octanol–water partition coefficient (Wildman–Crippen LogP) is 2.20. The fourth-order valence-corrected chi connectivity index (χ4v) is 0.909. The number of rotatable bonds is 6. The van der Waals surface area contributed by atoms with Crippen LogP contribution in [0.15, 0.2) is 17.1 Å². The van der Waals surface area contributed by atoms with E-state index in [1.54, 1.807) is 6.92 Å². The van der Waals surface area contributed by atoms with Gasteiger partial charge in [-0.1, -0.05) is 20.4 Å². The highest BCUT2D eigenvalue weighted by Crippen LogP contribution is 2.11. The van der Waals surface area contributed by atoms with Crippen molar-refractivity contribution in [1.29, 1.82) is 0 Å². The molecule has 0 aliphatic heterocycles. The molecule has 1 unspecified atom stereocenters. The molecule has 1 atom stereocenters. The molecule has 0 aromatic heterocycles. The van der Waals surface area contributed by atoms with Crippen molar-refractivity contribution in [3.63, 3.8) is 0 Å². The van der Waals surface area contributed by atoms with Crippen LogP contribution in [0.2, 0.25) is 0 Å². The zero-order valence-corrected chi connectivity index (χ0v) is 9.45. The Morgan fingerprint density at radius 1 is 1.47 bits per heavy atom. The van der Waals surface area contributed by atoms with Gasteiger partial charge in [0.05, 0.1) is 0 Å². The van der Waals surface area contributed by atoms with Crippen molar-refractivity contribution in [2.75, 3.05) is 0 Å². The summed E-state index contributed by atoms with van der Waals surface area (Å²) < 4.78 is 4.94. The normalized spacial score (nSPS) is 11.7. The number of aliphatic imine (C=N–C) groups is 1. The Morgan fingerprint density at radius 3 is 2.47 bits per heavy atom. The van der Waals surface area contributed by atoms with Crippen molar-refractivity contribution in [2.24, 2.45) is 10.9 Å². The van der Waals surface area contributed by atoms with Crippen molar-refractivity contribution in [2.45, 2.75) is 39.8 Å². The second-order valence-corrected chi connectivity index (χ2v) is 3.83. The molecule has 0 saturated carbocycles. The van der Waals surface area contributed by atoms with Gasteiger partial charge in [-0.15, -0.1) is 0 Å². The SMILES string of the molecule is C=C(C)C(=O)OC(CCC(C)C)N=C=O. The lowest BCUT2D eigenvalue weighted by atomic mass is 10.1. The van der Waals surface area contributed by atoms with E-state index in [0.717, 1.165) is 6.42 Å². The molecule has 15 heavy (non-hydrogen) atoms. The molecular weight excluding hydrogens is 194 g/mol. The van der Waals surface area contributed by atoms with Gasteiger partial charge in [-0.3, -0.25) is 0 Å². The van der Waals surface area contributed by atoms with Crippen LogP contribution in [0.4, 0.5) is 0 Å². The quantitative estimate of drug-likeness (QED) is 0.293. The van der Waals surface area contributed by atoms with E-state index in [-0.39, 0.29) is 0 Å². The van der Waals surface area contributed by atoms with Gasteiger partial charge in [0.1, 0.15) is 0 Å². The third kappa shape index (κ3) is 6.63. The van der Waals surface area contributed by atoms with Gasteiger partial charge in [0, 0.05) is 12.0 Å². The van der Waals surface area contributed by atoms with Crippen LogP contribution in [-0.4, -0.2) is 18.3 Å². The molecular formula is C11H17NO3. The van der Waals surface area contributed by atoms with E-state index in [1.807, 2.05) is 13.8 Å². The first-order valence-electron chi connectivity index (χ1n) is 4.90. The summed E-state index contributed by atoms with van der Waals surface area (Å²) in [7, 11) is 0. The van der Waals surface area contributed by atoms with Crippen molar-refractivity contribution in [3.05, 3.63) is 12.2 Å². The number of esters is 1. The van der Waals surface area contributed by atoms with Gasteiger partial charge in [-0.25, -0.2) is 9.59 Å². The second kappa shape index (κ2) is 6.96. The summed E-state index contributed by atoms with van der Waals surface area (Å²) in [6.45, 7) is 9.08. The number of carbonyl (C=O) groups is 1. The molecule has 0 spiro atoms. The summed E-state index contributed by atoms with van der Waals surface area (Å²) in [6.07, 6.45) is 2.04. The molecule has 0 radical (unpaired) electrons.